The summed E-state index contributed by atoms with van der Waals surface area (Å²) in [5, 5.41) is 0.404. The quantitative estimate of drug-likeness (QED) is 0.571. The number of rotatable bonds is 2. The largest absolute Gasteiger partial charge is 0.342 e. The molecule has 1 spiro atoms. The third-order valence-corrected chi connectivity index (χ3v) is 7.84. The Kier molecular flexibility index (Phi) is 4.70. The molecule has 1 aromatic carbocycles. The van der Waals surface area contributed by atoms with Crippen LogP contribution in [0, 0.1) is 11.6 Å². The van der Waals surface area contributed by atoms with Gasteiger partial charge in [0.25, 0.3) is 11.8 Å². The molecule has 170 valence electrons. The van der Waals surface area contributed by atoms with Crippen molar-refractivity contribution in [2.24, 2.45) is 0 Å². The lowest BCUT2D eigenvalue weighted by molar-refractivity contribution is -0.142. The van der Waals surface area contributed by atoms with Crippen molar-refractivity contribution in [1.82, 2.24) is 19.8 Å². The van der Waals surface area contributed by atoms with Gasteiger partial charge in [0.1, 0.15) is 23.4 Å². The van der Waals surface area contributed by atoms with E-state index in [0.717, 1.165) is 10.8 Å². The number of hydrogen-bond donors (Lipinski definition) is 0. The third-order valence-electron chi connectivity index (χ3n) is 6.82. The van der Waals surface area contributed by atoms with Gasteiger partial charge in [-0.2, -0.15) is 0 Å². The number of fused-ring (bicyclic) bond motifs is 2. The molecule has 2 amide bonds. The van der Waals surface area contributed by atoms with E-state index in [4.69, 9.17) is 4.74 Å². The van der Waals surface area contributed by atoms with Gasteiger partial charge in [-0.15, -0.1) is 11.3 Å². The molecule has 1 unspecified atom stereocenters. The van der Waals surface area contributed by atoms with Crippen molar-refractivity contribution >= 4 is 33.4 Å². The fourth-order valence-corrected chi connectivity index (χ4v) is 6.12. The van der Waals surface area contributed by atoms with Gasteiger partial charge in [0.2, 0.25) is 0 Å². The molecule has 3 fully saturated rings. The second-order valence-corrected chi connectivity index (χ2v) is 9.76. The summed E-state index contributed by atoms with van der Waals surface area (Å²) in [5.74, 6) is -1.63. The summed E-state index contributed by atoms with van der Waals surface area (Å²) in [6.07, 6.45) is 4.84. The summed E-state index contributed by atoms with van der Waals surface area (Å²) in [4.78, 5) is 38.3. The van der Waals surface area contributed by atoms with Crippen LogP contribution in [-0.2, 0) is 9.53 Å². The Morgan fingerprint density at radius 3 is 2.64 bits per heavy atom. The molecule has 3 aromatic rings. The molecule has 0 aliphatic carbocycles. The molecular weight excluding hydrogens is 450 g/mol. The Morgan fingerprint density at radius 2 is 1.91 bits per heavy atom. The maximum Gasteiger partial charge on any atom is 0.282 e. The summed E-state index contributed by atoms with van der Waals surface area (Å²) >= 11 is 1.33. The highest BCUT2D eigenvalue weighted by Gasteiger charge is 2.58. The fourth-order valence-electron chi connectivity index (χ4n) is 5.22. The lowest BCUT2D eigenvalue weighted by Gasteiger charge is -2.37. The van der Waals surface area contributed by atoms with Gasteiger partial charge in [0.05, 0.1) is 16.9 Å². The number of halogens is 2. The molecule has 2 atom stereocenters. The lowest BCUT2D eigenvalue weighted by atomic mass is 9.89. The van der Waals surface area contributed by atoms with Crippen LogP contribution < -0.4 is 0 Å². The van der Waals surface area contributed by atoms with Gasteiger partial charge >= 0.3 is 0 Å². The zero-order valence-electron chi connectivity index (χ0n) is 17.5. The SMILES string of the molecule is O=C(c1nc2cnccc2s1)N1CCC2(CC1)OC1CC[C@@H](c3cc(F)cc(F)c3)N1C2=O. The Balaban J connectivity index is 1.18. The molecule has 5 heterocycles. The maximum absolute atomic E-state index is 13.8. The van der Waals surface area contributed by atoms with Crippen LogP contribution in [0.5, 0.6) is 0 Å². The Morgan fingerprint density at radius 1 is 1.15 bits per heavy atom. The number of carbonyl (C=O) groups is 2. The van der Waals surface area contributed by atoms with E-state index in [9.17, 15) is 18.4 Å². The minimum Gasteiger partial charge on any atom is -0.342 e. The number of hydrogen-bond acceptors (Lipinski definition) is 6. The normalized spacial score (nSPS) is 24.1. The first kappa shape index (κ1) is 20.6. The summed E-state index contributed by atoms with van der Waals surface area (Å²) in [7, 11) is 0. The molecule has 0 radical (unpaired) electrons. The number of amides is 2. The Hall–Kier alpha value is -2.98. The monoisotopic (exact) mass is 470 g/mol. The standard InChI is InChI=1S/C23H20F2N4O3S/c24-14-9-13(10-15(25)11-14)17-1-2-19-29(17)22(31)23(32-19)4-7-28(8-5-23)21(30)20-27-16-12-26-6-3-18(16)33-20/h3,6,9-12,17,19H,1-2,4-5,7-8H2/t17-,19?/m0/s1. The van der Waals surface area contributed by atoms with E-state index in [-0.39, 0.29) is 11.8 Å². The van der Waals surface area contributed by atoms with Gasteiger partial charge in [0, 0.05) is 38.2 Å². The van der Waals surface area contributed by atoms with Crippen LogP contribution in [0.15, 0.2) is 36.7 Å². The van der Waals surface area contributed by atoms with E-state index in [2.05, 4.69) is 9.97 Å². The highest BCUT2D eigenvalue weighted by Crippen LogP contribution is 2.47. The first-order chi connectivity index (χ1) is 15.9. The first-order valence-electron chi connectivity index (χ1n) is 10.9. The van der Waals surface area contributed by atoms with E-state index >= 15 is 0 Å². The zero-order valence-corrected chi connectivity index (χ0v) is 18.4. The number of aromatic nitrogens is 2. The number of pyridine rings is 1. The molecule has 3 saturated heterocycles. The van der Waals surface area contributed by atoms with E-state index in [1.54, 1.807) is 22.2 Å². The molecule has 3 aliphatic rings. The predicted octanol–water partition coefficient (Wildman–Crippen LogP) is 3.66. The van der Waals surface area contributed by atoms with E-state index < -0.39 is 29.5 Å². The van der Waals surface area contributed by atoms with Crippen LogP contribution in [0.2, 0.25) is 0 Å². The van der Waals surface area contributed by atoms with E-state index in [0.29, 0.717) is 54.9 Å². The van der Waals surface area contributed by atoms with Gasteiger partial charge in [-0.05, 0) is 36.6 Å². The molecular formula is C23H20F2N4O3S. The summed E-state index contributed by atoms with van der Waals surface area (Å²) in [6.45, 7) is 0.747. The minimum atomic E-state index is -0.997. The zero-order chi connectivity index (χ0) is 22.7. The summed E-state index contributed by atoms with van der Waals surface area (Å²) < 4.78 is 34.7. The van der Waals surface area contributed by atoms with Crippen molar-refractivity contribution in [3.05, 3.63) is 58.9 Å². The highest BCUT2D eigenvalue weighted by atomic mass is 32.1. The third kappa shape index (κ3) is 3.31. The number of nitrogens with zero attached hydrogens (tertiary/aromatic N) is 4. The van der Waals surface area contributed by atoms with Crippen LogP contribution in [-0.4, -0.2) is 56.5 Å². The van der Waals surface area contributed by atoms with Gasteiger partial charge in [-0.25, -0.2) is 13.8 Å². The maximum atomic E-state index is 13.8. The van der Waals surface area contributed by atoms with Gasteiger partial charge in [-0.3, -0.25) is 14.6 Å². The fraction of sp³-hybridized carbons (Fsp3) is 0.391. The second-order valence-electron chi connectivity index (χ2n) is 8.73. The van der Waals surface area contributed by atoms with Crippen molar-refractivity contribution in [2.75, 3.05) is 13.1 Å². The summed E-state index contributed by atoms with van der Waals surface area (Å²) in [5.41, 5.74) is 0.139. The van der Waals surface area contributed by atoms with Gasteiger partial charge < -0.3 is 14.5 Å². The van der Waals surface area contributed by atoms with Crippen LogP contribution in [0.1, 0.15) is 47.1 Å². The molecule has 3 aliphatic heterocycles. The predicted molar refractivity (Wildman–Crippen MR) is 115 cm³/mol. The average molecular weight is 471 g/mol. The number of ether oxygens (including phenoxy) is 1. The molecule has 33 heavy (non-hydrogen) atoms. The molecule has 0 N–H and O–H groups in total. The number of carbonyl (C=O) groups excluding carboxylic acids is 2. The van der Waals surface area contributed by atoms with E-state index in [1.807, 2.05) is 6.07 Å². The molecule has 6 rings (SSSR count). The van der Waals surface area contributed by atoms with Crippen LogP contribution in [0.25, 0.3) is 10.2 Å². The molecule has 0 saturated carbocycles. The summed E-state index contributed by atoms with van der Waals surface area (Å²) in [6, 6.07) is 4.80. The highest BCUT2D eigenvalue weighted by molar-refractivity contribution is 7.20. The molecule has 10 heteroatoms. The van der Waals surface area contributed by atoms with Crippen molar-refractivity contribution in [3.8, 4) is 0 Å². The van der Waals surface area contributed by atoms with Crippen LogP contribution in [0.4, 0.5) is 8.78 Å². The average Bonchev–Trinajstić information content (AvgIpc) is 3.48. The number of thiazole rings is 1. The number of piperidine rings is 1. The minimum absolute atomic E-state index is 0.155. The van der Waals surface area contributed by atoms with E-state index in [1.165, 1.54) is 23.5 Å². The first-order valence-corrected chi connectivity index (χ1v) is 11.7. The topological polar surface area (TPSA) is 75.6 Å². The Bertz CT molecular complexity index is 1220. The van der Waals surface area contributed by atoms with Crippen LogP contribution in [0.3, 0.4) is 0 Å². The van der Waals surface area contributed by atoms with Crippen molar-refractivity contribution in [3.63, 3.8) is 0 Å². The van der Waals surface area contributed by atoms with Gasteiger partial charge in [-0.1, -0.05) is 0 Å². The van der Waals surface area contributed by atoms with Crippen molar-refractivity contribution < 1.29 is 23.1 Å². The second kappa shape index (κ2) is 7.53. The van der Waals surface area contributed by atoms with Crippen molar-refractivity contribution in [1.29, 1.82) is 0 Å². The van der Waals surface area contributed by atoms with Crippen molar-refractivity contribution in [2.45, 2.75) is 43.6 Å². The molecule has 0 bridgehead atoms. The smallest absolute Gasteiger partial charge is 0.282 e. The molecule has 2 aromatic heterocycles. The Labute approximate surface area is 192 Å². The number of benzene rings is 1. The lowest BCUT2D eigenvalue weighted by Crippen LogP contribution is -2.51. The van der Waals surface area contributed by atoms with Crippen LogP contribution >= 0.6 is 11.3 Å². The van der Waals surface area contributed by atoms with Gasteiger partial charge in [0.15, 0.2) is 10.6 Å². The number of likely N-dealkylation sites (tertiary alicyclic amines) is 1. The molecule has 7 nitrogen and oxygen atoms in total.